The summed E-state index contributed by atoms with van der Waals surface area (Å²) in [6.45, 7) is 0.618. The lowest BCUT2D eigenvalue weighted by Crippen LogP contribution is -2.06. The van der Waals surface area contributed by atoms with Gasteiger partial charge in [-0.3, -0.25) is 4.68 Å². The smallest absolute Gasteiger partial charge is 0.101 e. The van der Waals surface area contributed by atoms with Gasteiger partial charge in [0.15, 0.2) is 0 Å². The number of halogens is 1. The molecule has 0 aliphatic carbocycles. The van der Waals surface area contributed by atoms with Gasteiger partial charge < -0.3 is 5.32 Å². The number of hydrogen-bond donors (Lipinski definition) is 1. The maximum absolute atomic E-state index is 8.99. The fourth-order valence-corrected chi connectivity index (χ4v) is 1.70. The Morgan fingerprint density at radius 3 is 2.94 bits per heavy atom. The van der Waals surface area contributed by atoms with E-state index in [1.54, 1.807) is 29.1 Å². The van der Waals surface area contributed by atoms with E-state index in [-0.39, 0.29) is 0 Å². The fourth-order valence-electron chi connectivity index (χ4n) is 1.52. The van der Waals surface area contributed by atoms with E-state index in [1.807, 2.05) is 13.1 Å². The first-order valence-electron chi connectivity index (χ1n) is 5.11. The number of anilines is 1. The number of aryl methyl sites for hydroxylation is 1. The van der Waals surface area contributed by atoms with Crippen LogP contribution in [0.4, 0.5) is 5.69 Å². The number of hydrogen-bond acceptors (Lipinski definition) is 3. The molecule has 0 atom stereocenters. The molecule has 0 bridgehead atoms. The second-order valence-electron chi connectivity index (χ2n) is 3.60. The molecule has 1 aromatic carbocycles. The molecule has 2 aromatic rings. The molecule has 0 aliphatic heterocycles. The monoisotopic (exact) mass is 246 g/mol. The summed E-state index contributed by atoms with van der Waals surface area (Å²) in [6.07, 6.45) is 1.74. The molecule has 4 nitrogen and oxygen atoms in total. The standard InChI is InChI=1S/C12H11ClN4/c1-17-11(4-5-16-17)8-15-12-3-2-10(13)6-9(12)7-14/h2-6,15H,8H2,1H3. The van der Waals surface area contributed by atoms with Gasteiger partial charge in [0.05, 0.1) is 23.5 Å². The average molecular weight is 247 g/mol. The molecule has 0 saturated heterocycles. The maximum Gasteiger partial charge on any atom is 0.101 e. The van der Waals surface area contributed by atoms with Crippen molar-refractivity contribution in [3.8, 4) is 6.07 Å². The van der Waals surface area contributed by atoms with E-state index in [2.05, 4.69) is 16.5 Å². The first-order chi connectivity index (χ1) is 8.20. The van der Waals surface area contributed by atoms with Gasteiger partial charge in [-0.2, -0.15) is 10.4 Å². The van der Waals surface area contributed by atoms with E-state index < -0.39 is 0 Å². The van der Waals surface area contributed by atoms with E-state index in [0.29, 0.717) is 17.1 Å². The second-order valence-corrected chi connectivity index (χ2v) is 4.04. The Hall–Kier alpha value is -1.99. The van der Waals surface area contributed by atoms with Crippen molar-refractivity contribution in [1.82, 2.24) is 9.78 Å². The van der Waals surface area contributed by atoms with Crippen LogP contribution < -0.4 is 5.32 Å². The summed E-state index contributed by atoms with van der Waals surface area (Å²) in [5.74, 6) is 0. The summed E-state index contributed by atoms with van der Waals surface area (Å²) in [5, 5.41) is 16.8. The highest BCUT2D eigenvalue weighted by molar-refractivity contribution is 6.30. The van der Waals surface area contributed by atoms with E-state index in [0.717, 1.165) is 11.4 Å². The van der Waals surface area contributed by atoms with Gasteiger partial charge in [-0.15, -0.1) is 0 Å². The molecule has 0 spiro atoms. The van der Waals surface area contributed by atoms with Gasteiger partial charge in [0.25, 0.3) is 0 Å². The summed E-state index contributed by atoms with van der Waals surface area (Å²) in [7, 11) is 1.88. The van der Waals surface area contributed by atoms with Crippen molar-refractivity contribution in [2.24, 2.45) is 7.05 Å². The third kappa shape index (κ3) is 2.58. The molecule has 0 fully saturated rings. The summed E-state index contributed by atoms with van der Waals surface area (Å²) in [6, 6.07) is 9.24. The summed E-state index contributed by atoms with van der Waals surface area (Å²) in [5.41, 5.74) is 2.36. The molecular formula is C12H11ClN4. The highest BCUT2D eigenvalue weighted by Gasteiger charge is 2.04. The molecule has 0 unspecified atom stereocenters. The van der Waals surface area contributed by atoms with Crippen molar-refractivity contribution < 1.29 is 0 Å². The number of aromatic nitrogens is 2. The van der Waals surface area contributed by atoms with Crippen molar-refractivity contribution in [2.75, 3.05) is 5.32 Å². The van der Waals surface area contributed by atoms with E-state index in [1.165, 1.54) is 0 Å². The number of rotatable bonds is 3. The van der Waals surface area contributed by atoms with Crippen LogP contribution in [0.2, 0.25) is 5.02 Å². The zero-order valence-corrected chi connectivity index (χ0v) is 10.1. The van der Waals surface area contributed by atoms with Gasteiger partial charge >= 0.3 is 0 Å². The van der Waals surface area contributed by atoms with Gasteiger partial charge in [-0.05, 0) is 24.3 Å². The molecule has 1 aromatic heterocycles. The molecule has 1 N–H and O–H groups in total. The van der Waals surface area contributed by atoms with Crippen molar-refractivity contribution in [3.63, 3.8) is 0 Å². The average Bonchev–Trinajstić information content (AvgIpc) is 2.73. The van der Waals surface area contributed by atoms with Crippen molar-refractivity contribution in [1.29, 1.82) is 5.26 Å². The molecule has 2 rings (SSSR count). The molecule has 0 aliphatic rings. The Bertz CT molecular complexity index is 568. The lowest BCUT2D eigenvalue weighted by atomic mass is 10.2. The zero-order chi connectivity index (χ0) is 12.3. The minimum atomic E-state index is 0.541. The molecule has 5 heteroatoms. The summed E-state index contributed by atoms with van der Waals surface area (Å²) in [4.78, 5) is 0. The normalized spacial score (nSPS) is 9.94. The molecule has 0 radical (unpaired) electrons. The predicted octanol–water partition coefficient (Wildman–Crippen LogP) is 2.56. The Morgan fingerprint density at radius 2 is 2.29 bits per heavy atom. The lowest BCUT2D eigenvalue weighted by Gasteiger charge is -2.08. The molecular weight excluding hydrogens is 236 g/mol. The second kappa shape index (κ2) is 4.89. The number of nitriles is 1. The highest BCUT2D eigenvalue weighted by atomic mass is 35.5. The Morgan fingerprint density at radius 1 is 1.47 bits per heavy atom. The van der Waals surface area contributed by atoms with Crippen molar-refractivity contribution in [2.45, 2.75) is 6.54 Å². The SMILES string of the molecule is Cn1nccc1CNc1ccc(Cl)cc1C#N. The summed E-state index contributed by atoms with van der Waals surface area (Å²) >= 11 is 5.83. The van der Waals surface area contributed by atoms with Crippen LogP contribution in [0.3, 0.4) is 0 Å². The molecule has 1 heterocycles. The van der Waals surface area contributed by atoms with Gasteiger partial charge in [-0.25, -0.2) is 0 Å². The van der Waals surface area contributed by atoms with Crippen LogP contribution in [-0.2, 0) is 13.6 Å². The van der Waals surface area contributed by atoms with Gasteiger partial charge in [0.1, 0.15) is 6.07 Å². The van der Waals surface area contributed by atoms with Crippen molar-refractivity contribution >= 4 is 17.3 Å². The van der Waals surface area contributed by atoms with Gasteiger partial charge in [-0.1, -0.05) is 11.6 Å². The molecule has 17 heavy (non-hydrogen) atoms. The molecule has 0 saturated carbocycles. The van der Waals surface area contributed by atoms with Gasteiger partial charge in [0, 0.05) is 18.3 Å². The van der Waals surface area contributed by atoms with Crippen LogP contribution in [0.5, 0.6) is 0 Å². The minimum Gasteiger partial charge on any atom is -0.378 e. The van der Waals surface area contributed by atoms with Crippen molar-refractivity contribution in [3.05, 3.63) is 46.7 Å². The zero-order valence-electron chi connectivity index (χ0n) is 9.31. The predicted molar refractivity (Wildman–Crippen MR) is 66.7 cm³/mol. The Labute approximate surface area is 104 Å². The highest BCUT2D eigenvalue weighted by Crippen LogP contribution is 2.20. The third-order valence-corrected chi connectivity index (χ3v) is 2.72. The maximum atomic E-state index is 8.99. The number of benzene rings is 1. The van der Waals surface area contributed by atoms with Crippen LogP contribution in [0.15, 0.2) is 30.5 Å². The van der Waals surface area contributed by atoms with Gasteiger partial charge in [0.2, 0.25) is 0 Å². The summed E-state index contributed by atoms with van der Waals surface area (Å²) < 4.78 is 1.79. The van der Waals surface area contributed by atoms with Crippen LogP contribution in [-0.4, -0.2) is 9.78 Å². The number of nitrogens with one attached hydrogen (secondary N) is 1. The lowest BCUT2D eigenvalue weighted by molar-refractivity contribution is 0.720. The molecule has 0 amide bonds. The van der Waals surface area contributed by atoms with E-state index in [4.69, 9.17) is 16.9 Å². The van der Waals surface area contributed by atoms with Crippen LogP contribution in [0.1, 0.15) is 11.3 Å². The Balaban J connectivity index is 2.15. The minimum absolute atomic E-state index is 0.541. The molecule has 86 valence electrons. The van der Waals surface area contributed by atoms with Crippen LogP contribution >= 0.6 is 11.6 Å². The third-order valence-electron chi connectivity index (χ3n) is 2.48. The van der Waals surface area contributed by atoms with E-state index in [9.17, 15) is 0 Å². The first kappa shape index (κ1) is 11.5. The number of nitrogens with zero attached hydrogens (tertiary/aromatic N) is 3. The topological polar surface area (TPSA) is 53.6 Å². The van der Waals surface area contributed by atoms with E-state index >= 15 is 0 Å². The quantitative estimate of drug-likeness (QED) is 0.906. The van der Waals surface area contributed by atoms with Crippen LogP contribution in [0.25, 0.3) is 0 Å². The Kier molecular flexibility index (Phi) is 3.31. The van der Waals surface area contributed by atoms with Crippen LogP contribution in [0, 0.1) is 11.3 Å². The largest absolute Gasteiger partial charge is 0.378 e. The fraction of sp³-hybridized carbons (Fsp3) is 0.167. The first-order valence-corrected chi connectivity index (χ1v) is 5.49.